The SMILES string of the molecule is N[C@@H]1CCCC[C@@H](Oc2ccccc2)[C@@H]1O. The molecule has 0 saturated heterocycles. The molecular formula is C13H19NO2. The summed E-state index contributed by atoms with van der Waals surface area (Å²) in [4.78, 5) is 0. The number of benzene rings is 1. The summed E-state index contributed by atoms with van der Waals surface area (Å²) in [6.45, 7) is 0. The van der Waals surface area contributed by atoms with Gasteiger partial charge in [-0.3, -0.25) is 0 Å². The van der Waals surface area contributed by atoms with Crippen LogP contribution in [-0.4, -0.2) is 23.4 Å². The molecule has 1 fully saturated rings. The smallest absolute Gasteiger partial charge is 0.126 e. The molecule has 0 heterocycles. The van der Waals surface area contributed by atoms with Crippen LogP contribution in [0.1, 0.15) is 25.7 Å². The van der Waals surface area contributed by atoms with Gasteiger partial charge in [0, 0.05) is 6.04 Å². The average Bonchev–Trinajstić information content (AvgIpc) is 2.46. The first kappa shape index (κ1) is 11.4. The predicted octanol–water partition coefficient (Wildman–Crippen LogP) is 1.70. The van der Waals surface area contributed by atoms with E-state index in [-0.39, 0.29) is 12.1 Å². The van der Waals surface area contributed by atoms with E-state index in [0.29, 0.717) is 0 Å². The second kappa shape index (κ2) is 5.32. The maximum Gasteiger partial charge on any atom is 0.126 e. The van der Waals surface area contributed by atoms with Gasteiger partial charge in [0.15, 0.2) is 0 Å². The van der Waals surface area contributed by atoms with Crippen LogP contribution in [0.4, 0.5) is 0 Å². The first-order valence-corrected chi connectivity index (χ1v) is 5.93. The van der Waals surface area contributed by atoms with Crippen LogP contribution in [0.3, 0.4) is 0 Å². The Balaban J connectivity index is 2.02. The number of nitrogens with two attached hydrogens (primary N) is 1. The zero-order chi connectivity index (χ0) is 11.4. The lowest BCUT2D eigenvalue weighted by molar-refractivity contribution is 0.0212. The van der Waals surface area contributed by atoms with Crippen molar-refractivity contribution in [2.24, 2.45) is 5.73 Å². The molecule has 3 N–H and O–H groups in total. The van der Waals surface area contributed by atoms with Crippen molar-refractivity contribution in [3.8, 4) is 5.75 Å². The minimum Gasteiger partial charge on any atom is -0.488 e. The van der Waals surface area contributed by atoms with E-state index in [1.54, 1.807) is 0 Å². The van der Waals surface area contributed by atoms with E-state index in [2.05, 4.69) is 0 Å². The monoisotopic (exact) mass is 221 g/mol. The average molecular weight is 221 g/mol. The van der Waals surface area contributed by atoms with Crippen LogP contribution < -0.4 is 10.5 Å². The Morgan fingerprint density at radius 2 is 1.81 bits per heavy atom. The van der Waals surface area contributed by atoms with E-state index in [4.69, 9.17) is 10.5 Å². The molecule has 0 radical (unpaired) electrons. The van der Waals surface area contributed by atoms with Crippen molar-refractivity contribution >= 4 is 0 Å². The zero-order valence-corrected chi connectivity index (χ0v) is 9.38. The van der Waals surface area contributed by atoms with Crippen molar-refractivity contribution in [1.29, 1.82) is 0 Å². The topological polar surface area (TPSA) is 55.5 Å². The molecule has 3 nitrogen and oxygen atoms in total. The van der Waals surface area contributed by atoms with Gasteiger partial charge in [-0.25, -0.2) is 0 Å². The third-order valence-electron chi connectivity index (χ3n) is 3.13. The standard InChI is InChI=1S/C13H19NO2/c14-11-8-4-5-9-12(13(11)15)16-10-6-2-1-3-7-10/h1-3,6-7,11-13,15H,4-5,8-9,14H2/t11-,12-,13-/m1/s1. The van der Waals surface area contributed by atoms with Gasteiger partial charge in [0.05, 0.1) is 0 Å². The van der Waals surface area contributed by atoms with Crippen LogP contribution in [0.5, 0.6) is 5.75 Å². The lowest BCUT2D eigenvalue weighted by Crippen LogP contribution is -2.44. The van der Waals surface area contributed by atoms with Gasteiger partial charge in [0.1, 0.15) is 18.0 Å². The summed E-state index contributed by atoms with van der Waals surface area (Å²) in [5, 5.41) is 10.0. The van der Waals surface area contributed by atoms with Crippen molar-refractivity contribution in [2.45, 2.75) is 43.9 Å². The van der Waals surface area contributed by atoms with Crippen molar-refractivity contribution in [2.75, 3.05) is 0 Å². The molecule has 0 aromatic heterocycles. The third kappa shape index (κ3) is 2.74. The summed E-state index contributed by atoms with van der Waals surface area (Å²) in [5.74, 6) is 0.806. The summed E-state index contributed by atoms with van der Waals surface area (Å²) in [7, 11) is 0. The molecule has 3 atom stereocenters. The summed E-state index contributed by atoms with van der Waals surface area (Å²) >= 11 is 0. The van der Waals surface area contributed by atoms with Gasteiger partial charge >= 0.3 is 0 Å². The van der Waals surface area contributed by atoms with Crippen molar-refractivity contribution in [1.82, 2.24) is 0 Å². The molecule has 2 rings (SSSR count). The highest BCUT2D eigenvalue weighted by atomic mass is 16.5. The zero-order valence-electron chi connectivity index (χ0n) is 9.38. The van der Waals surface area contributed by atoms with E-state index in [1.165, 1.54) is 0 Å². The predicted molar refractivity (Wildman–Crippen MR) is 63.3 cm³/mol. The van der Waals surface area contributed by atoms with Crippen LogP contribution in [0.15, 0.2) is 30.3 Å². The Labute approximate surface area is 96.2 Å². The van der Waals surface area contributed by atoms with Crippen LogP contribution in [0, 0.1) is 0 Å². The molecule has 1 aliphatic carbocycles. The fourth-order valence-corrected chi connectivity index (χ4v) is 2.15. The summed E-state index contributed by atoms with van der Waals surface area (Å²) in [6.07, 6.45) is 3.19. The van der Waals surface area contributed by atoms with Gasteiger partial charge in [0.25, 0.3) is 0 Å². The number of ether oxygens (including phenoxy) is 1. The van der Waals surface area contributed by atoms with Crippen molar-refractivity contribution < 1.29 is 9.84 Å². The summed E-state index contributed by atoms with van der Waals surface area (Å²) < 4.78 is 5.79. The molecule has 1 aliphatic rings. The lowest BCUT2D eigenvalue weighted by Gasteiger charge is -2.25. The molecule has 88 valence electrons. The molecule has 1 aromatic rings. The molecular weight excluding hydrogens is 202 g/mol. The highest BCUT2D eigenvalue weighted by Gasteiger charge is 2.29. The van der Waals surface area contributed by atoms with Gasteiger partial charge in [0.2, 0.25) is 0 Å². The number of hydrogen-bond donors (Lipinski definition) is 2. The fourth-order valence-electron chi connectivity index (χ4n) is 2.15. The molecule has 1 saturated carbocycles. The molecule has 0 amide bonds. The third-order valence-corrected chi connectivity index (χ3v) is 3.13. The van der Waals surface area contributed by atoms with E-state index in [9.17, 15) is 5.11 Å². The first-order chi connectivity index (χ1) is 7.77. The summed E-state index contributed by atoms with van der Waals surface area (Å²) in [6, 6.07) is 9.46. The van der Waals surface area contributed by atoms with Crippen molar-refractivity contribution in [3.63, 3.8) is 0 Å². The lowest BCUT2D eigenvalue weighted by atomic mass is 10.1. The normalized spacial score (nSPS) is 30.8. The second-order valence-electron chi connectivity index (χ2n) is 4.41. The van der Waals surface area contributed by atoms with Crippen LogP contribution in [-0.2, 0) is 0 Å². The van der Waals surface area contributed by atoms with Crippen LogP contribution in [0.2, 0.25) is 0 Å². The Morgan fingerprint density at radius 1 is 1.12 bits per heavy atom. The van der Waals surface area contributed by atoms with Crippen LogP contribution in [0.25, 0.3) is 0 Å². The quantitative estimate of drug-likeness (QED) is 0.747. The Hall–Kier alpha value is -1.06. The first-order valence-electron chi connectivity index (χ1n) is 5.93. The minimum absolute atomic E-state index is 0.156. The summed E-state index contributed by atoms with van der Waals surface area (Å²) in [5.41, 5.74) is 5.89. The van der Waals surface area contributed by atoms with Gasteiger partial charge < -0.3 is 15.6 Å². The minimum atomic E-state index is -0.553. The van der Waals surface area contributed by atoms with E-state index < -0.39 is 6.10 Å². The largest absolute Gasteiger partial charge is 0.488 e. The van der Waals surface area contributed by atoms with E-state index in [1.807, 2.05) is 30.3 Å². The number of rotatable bonds is 2. The Bertz CT molecular complexity index is 315. The Morgan fingerprint density at radius 3 is 2.56 bits per heavy atom. The maximum absolute atomic E-state index is 10.0. The van der Waals surface area contributed by atoms with E-state index in [0.717, 1.165) is 31.4 Å². The van der Waals surface area contributed by atoms with Crippen LogP contribution >= 0.6 is 0 Å². The molecule has 0 bridgehead atoms. The highest BCUT2D eigenvalue weighted by molar-refractivity contribution is 5.21. The Kier molecular flexibility index (Phi) is 3.80. The second-order valence-corrected chi connectivity index (χ2v) is 4.41. The van der Waals surface area contributed by atoms with Gasteiger partial charge in [-0.2, -0.15) is 0 Å². The highest BCUT2D eigenvalue weighted by Crippen LogP contribution is 2.22. The molecule has 0 aliphatic heterocycles. The number of para-hydroxylation sites is 1. The molecule has 0 spiro atoms. The number of hydrogen-bond acceptors (Lipinski definition) is 3. The van der Waals surface area contributed by atoms with Gasteiger partial charge in [-0.15, -0.1) is 0 Å². The van der Waals surface area contributed by atoms with Crippen molar-refractivity contribution in [3.05, 3.63) is 30.3 Å². The fraction of sp³-hybridized carbons (Fsp3) is 0.538. The van der Waals surface area contributed by atoms with E-state index >= 15 is 0 Å². The number of aliphatic hydroxyl groups is 1. The maximum atomic E-state index is 10.0. The molecule has 0 unspecified atom stereocenters. The van der Waals surface area contributed by atoms with Gasteiger partial charge in [-0.1, -0.05) is 24.6 Å². The molecule has 16 heavy (non-hydrogen) atoms. The van der Waals surface area contributed by atoms with Gasteiger partial charge in [-0.05, 0) is 31.4 Å². The number of aliphatic hydroxyl groups excluding tert-OH is 1. The molecule has 3 heteroatoms. The molecule has 1 aromatic carbocycles.